The van der Waals surface area contributed by atoms with Crippen molar-refractivity contribution in [2.45, 2.75) is 76.8 Å². The summed E-state index contributed by atoms with van der Waals surface area (Å²) in [5.41, 5.74) is -1.60. The third kappa shape index (κ3) is 2.40. The third-order valence-corrected chi connectivity index (χ3v) is 8.18. The molecule has 0 aromatic heterocycles. The smallest absolute Gasteiger partial charge is 0.200 e. The molecule has 3 aliphatic carbocycles. The van der Waals surface area contributed by atoms with Gasteiger partial charge in [-0.3, -0.25) is 9.59 Å². The summed E-state index contributed by atoms with van der Waals surface area (Å²) < 4.78 is 19.7. The zero-order valence-electron chi connectivity index (χ0n) is 20.4. The van der Waals surface area contributed by atoms with Gasteiger partial charge in [0, 0.05) is 29.9 Å². The first-order chi connectivity index (χ1) is 15.8. The zero-order valence-corrected chi connectivity index (χ0v) is 20.4. The quantitative estimate of drug-likeness (QED) is 0.627. The van der Waals surface area contributed by atoms with Crippen LogP contribution in [0.25, 0.3) is 6.08 Å². The number of carbonyl (C=O) groups excluding carboxylic acids is 2. The number of carbonyl (C=O) groups is 2. The van der Waals surface area contributed by atoms with Crippen molar-refractivity contribution < 1.29 is 28.9 Å². The summed E-state index contributed by atoms with van der Waals surface area (Å²) in [5.74, 6) is -0.412. The standard InChI is InChI=1S/C28H30O6/c1-14(2)7-10-27-24(31)15-11-17-22(30)21-18(29)13-19-16(8-9-25(3,4)32-19)23(21)33-28(17,27)20(12-15)26(5,6)34-27/h7-9,11,13,15,20,29H,10,12H2,1-6H3/t15-,20-,27-,28+/m0/s1. The Balaban J connectivity index is 1.65. The second-order valence-electron chi connectivity index (χ2n) is 11.6. The lowest BCUT2D eigenvalue weighted by atomic mass is 9.51. The predicted octanol–water partition coefficient (Wildman–Crippen LogP) is 4.94. The molecule has 7 rings (SSSR count). The highest BCUT2D eigenvalue weighted by Crippen LogP contribution is 2.68. The van der Waals surface area contributed by atoms with E-state index in [9.17, 15) is 14.7 Å². The van der Waals surface area contributed by atoms with Crippen LogP contribution in [0.1, 0.15) is 70.3 Å². The Morgan fingerprint density at radius 3 is 2.62 bits per heavy atom. The molecular weight excluding hydrogens is 432 g/mol. The fourth-order valence-corrected chi connectivity index (χ4v) is 6.78. The summed E-state index contributed by atoms with van der Waals surface area (Å²) in [4.78, 5) is 27.9. The van der Waals surface area contributed by atoms with Crippen molar-refractivity contribution >= 4 is 17.6 Å². The van der Waals surface area contributed by atoms with Crippen LogP contribution in [0, 0.1) is 11.8 Å². The topological polar surface area (TPSA) is 82.1 Å². The molecule has 178 valence electrons. The Morgan fingerprint density at radius 1 is 1.18 bits per heavy atom. The number of phenols is 1. The monoisotopic (exact) mass is 462 g/mol. The molecule has 6 aliphatic rings. The minimum absolute atomic E-state index is 0.0335. The highest BCUT2D eigenvalue weighted by atomic mass is 16.6. The van der Waals surface area contributed by atoms with Crippen molar-refractivity contribution in [1.29, 1.82) is 0 Å². The van der Waals surface area contributed by atoms with Crippen molar-refractivity contribution in [2.24, 2.45) is 11.8 Å². The summed E-state index contributed by atoms with van der Waals surface area (Å²) in [7, 11) is 0. The number of hydrogen-bond donors (Lipinski definition) is 1. The average molecular weight is 463 g/mol. The minimum Gasteiger partial charge on any atom is -0.507 e. The molecule has 6 nitrogen and oxygen atoms in total. The van der Waals surface area contributed by atoms with E-state index in [2.05, 4.69) is 0 Å². The first-order valence-corrected chi connectivity index (χ1v) is 11.9. The molecule has 1 spiro atoms. The molecule has 0 unspecified atom stereocenters. The van der Waals surface area contributed by atoms with Crippen LogP contribution in [0.2, 0.25) is 0 Å². The maximum atomic E-state index is 14.0. The molecule has 2 fully saturated rings. The van der Waals surface area contributed by atoms with Crippen LogP contribution < -0.4 is 9.47 Å². The van der Waals surface area contributed by atoms with Gasteiger partial charge in [0.1, 0.15) is 28.4 Å². The van der Waals surface area contributed by atoms with Crippen molar-refractivity contribution in [3.05, 3.63) is 46.6 Å². The van der Waals surface area contributed by atoms with E-state index in [0.717, 1.165) is 5.57 Å². The second-order valence-corrected chi connectivity index (χ2v) is 11.6. The van der Waals surface area contributed by atoms with Gasteiger partial charge in [-0.1, -0.05) is 17.7 Å². The summed E-state index contributed by atoms with van der Waals surface area (Å²) in [6.07, 6.45) is 8.43. The van der Waals surface area contributed by atoms with E-state index in [-0.39, 0.29) is 34.5 Å². The van der Waals surface area contributed by atoms with E-state index in [4.69, 9.17) is 14.2 Å². The van der Waals surface area contributed by atoms with Crippen molar-refractivity contribution in [2.75, 3.05) is 0 Å². The van der Waals surface area contributed by atoms with E-state index < -0.39 is 28.3 Å². The Morgan fingerprint density at radius 2 is 1.91 bits per heavy atom. The van der Waals surface area contributed by atoms with Crippen molar-refractivity contribution in [1.82, 2.24) is 0 Å². The first kappa shape index (κ1) is 21.7. The fraction of sp³-hybridized carbons (Fsp3) is 0.500. The number of Topliss-reactive ketones (excluding diaryl/α,β-unsaturated/α-hetero) is 2. The van der Waals surface area contributed by atoms with E-state index in [1.165, 1.54) is 6.07 Å². The van der Waals surface area contributed by atoms with Gasteiger partial charge in [0.15, 0.2) is 22.8 Å². The number of benzene rings is 1. The zero-order chi connectivity index (χ0) is 24.4. The van der Waals surface area contributed by atoms with Gasteiger partial charge in [-0.2, -0.15) is 0 Å². The lowest BCUT2D eigenvalue weighted by Crippen LogP contribution is -2.72. The Kier molecular flexibility index (Phi) is 3.96. The fourth-order valence-electron chi connectivity index (χ4n) is 6.78. The Hall–Kier alpha value is -2.86. The number of hydrogen-bond acceptors (Lipinski definition) is 6. The van der Waals surface area contributed by atoms with E-state index in [0.29, 0.717) is 29.7 Å². The number of aromatic hydroxyl groups is 1. The molecular formula is C28H30O6. The number of allylic oxidation sites excluding steroid dienone is 2. The molecule has 1 aromatic carbocycles. The molecule has 3 aliphatic heterocycles. The van der Waals surface area contributed by atoms with Gasteiger partial charge in [0.25, 0.3) is 0 Å². The number of ketones is 2. The minimum atomic E-state index is -1.31. The predicted molar refractivity (Wildman–Crippen MR) is 126 cm³/mol. The lowest BCUT2D eigenvalue weighted by Gasteiger charge is -2.56. The maximum absolute atomic E-state index is 14.0. The molecule has 0 amide bonds. The van der Waals surface area contributed by atoms with Crippen LogP contribution in [-0.4, -0.2) is 39.1 Å². The number of phenolic OH excluding ortho intramolecular Hbond substituents is 1. The lowest BCUT2D eigenvalue weighted by molar-refractivity contribution is -0.171. The van der Waals surface area contributed by atoms with Crippen LogP contribution >= 0.6 is 0 Å². The average Bonchev–Trinajstić information content (AvgIpc) is 2.88. The highest BCUT2D eigenvalue weighted by Gasteiger charge is 2.81. The molecule has 1 aromatic rings. The van der Waals surface area contributed by atoms with E-state index in [1.54, 1.807) is 6.08 Å². The van der Waals surface area contributed by atoms with Crippen LogP contribution in [0.4, 0.5) is 0 Å². The molecule has 1 saturated carbocycles. The molecule has 4 bridgehead atoms. The van der Waals surface area contributed by atoms with Gasteiger partial charge in [0.2, 0.25) is 0 Å². The molecule has 4 atom stereocenters. The number of rotatable bonds is 2. The summed E-state index contributed by atoms with van der Waals surface area (Å²) >= 11 is 0. The maximum Gasteiger partial charge on any atom is 0.200 e. The van der Waals surface area contributed by atoms with Gasteiger partial charge < -0.3 is 19.3 Å². The largest absolute Gasteiger partial charge is 0.507 e. The van der Waals surface area contributed by atoms with Gasteiger partial charge in [-0.15, -0.1) is 0 Å². The molecule has 1 saturated heterocycles. The van der Waals surface area contributed by atoms with Crippen LogP contribution in [0.3, 0.4) is 0 Å². The molecule has 3 heterocycles. The van der Waals surface area contributed by atoms with Crippen LogP contribution in [0.5, 0.6) is 17.2 Å². The van der Waals surface area contributed by atoms with Gasteiger partial charge >= 0.3 is 0 Å². The Bertz CT molecular complexity index is 1270. The summed E-state index contributed by atoms with van der Waals surface area (Å²) in [6, 6.07) is 1.49. The second kappa shape index (κ2) is 6.22. The Labute approximate surface area is 199 Å². The molecule has 6 heteroatoms. The molecule has 1 N–H and O–H groups in total. The van der Waals surface area contributed by atoms with Crippen molar-refractivity contribution in [3.63, 3.8) is 0 Å². The first-order valence-electron chi connectivity index (χ1n) is 11.9. The van der Waals surface area contributed by atoms with E-state index >= 15 is 0 Å². The molecule has 34 heavy (non-hydrogen) atoms. The van der Waals surface area contributed by atoms with Gasteiger partial charge in [-0.25, -0.2) is 0 Å². The third-order valence-electron chi connectivity index (χ3n) is 8.18. The number of ether oxygens (including phenoxy) is 3. The van der Waals surface area contributed by atoms with Crippen molar-refractivity contribution in [3.8, 4) is 17.2 Å². The highest BCUT2D eigenvalue weighted by molar-refractivity contribution is 6.18. The molecule has 0 radical (unpaired) electrons. The normalized spacial score (nSPS) is 34.9. The van der Waals surface area contributed by atoms with Gasteiger partial charge in [-0.05, 0) is 60.1 Å². The number of fused-ring (bicyclic) bond motifs is 3. The van der Waals surface area contributed by atoms with Crippen LogP contribution in [0.15, 0.2) is 35.4 Å². The van der Waals surface area contributed by atoms with E-state index in [1.807, 2.05) is 59.8 Å². The van der Waals surface area contributed by atoms with Crippen LogP contribution in [-0.2, 0) is 9.53 Å². The SMILES string of the molecule is CC(C)=CC[C@@]12OC(C)(C)[C@@H]3C[C@H](C=C4C(=O)c5c(O)cc6c(c5O[C@]431)C=CC(C)(C)O6)C2=O. The summed E-state index contributed by atoms with van der Waals surface area (Å²) in [6.45, 7) is 11.8. The van der Waals surface area contributed by atoms with Gasteiger partial charge in [0.05, 0.1) is 11.2 Å². The summed E-state index contributed by atoms with van der Waals surface area (Å²) in [5, 5.41) is 10.9.